The molecule has 0 radical (unpaired) electrons. The Labute approximate surface area is 123 Å². The SMILES string of the molecule is Cc1ccc(N2C(=O)[C@@H]3[C@@H]4C=C[C@](C)(O4)[C@@H]3C2=O)cc1C. The number of hydrogen-bond acceptors (Lipinski definition) is 3. The summed E-state index contributed by atoms with van der Waals surface area (Å²) in [4.78, 5) is 26.8. The lowest BCUT2D eigenvalue weighted by molar-refractivity contribution is -0.126. The number of ether oxygens (including phenoxy) is 1. The first-order valence-corrected chi connectivity index (χ1v) is 7.24. The Kier molecular flexibility index (Phi) is 2.33. The van der Waals surface area contributed by atoms with Crippen LogP contribution in [0.4, 0.5) is 5.69 Å². The average Bonchev–Trinajstić information content (AvgIpc) is 3.03. The molecule has 3 heterocycles. The summed E-state index contributed by atoms with van der Waals surface area (Å²) in [6.45, 7) is 5.89. The summed E-state index contributed by atoms with van der Waals surface area (Å²) >= 11 is 0. The quantitative estimate of drug-likeness (QED) is 0.586. The number of benzene rings is 1. The molecule has 3 aliphatic heterocycles. The molecule has 4 heteroatoms. The van der Waals surface area contributed by atoms with Gasteiger partial charge in [-0.1, -0.05) is 18.2 Å². The number of aryl methyl sites for hydroxylation is 2. The van der Waals surface area contributed by atoms with Crippen molar-refractivity contribution < 1.29 is 14.3 Å². The third-order valence-corrected chi connectivity index (χ3v) is 5.08. The Balaban J connectivity index is 1.78. The van der Waals surface area contributed by atoms with Crippen molar-refractivity contribution in [3.8, 4) is 0 Å². The lowest BCUT2D eigenvalue weighted by Gasteiger charge is -2.24. The zero-order valence-corrected chi connectivity index (χ0v) is 12.3. The smallest absolute Gasteiger partial charge is 0.241 e. The summed E-state index contributed by atoms with van der Waals surface area (Å²) in [5, 5.41) is 0. The number of carbonyl (C=O) groups excluding carboxylic acids is 2. The first kappa shape index (κ1) is 12.8. The van der Waals surface area contributed by atoms with E-state index in [9.17, 15) is 9.59 Å². The van der Waals surface area contributed by atoms with Gasteiger partial charge in [0.1, 0.15) is 0 Å². The fraction of sp³-hybridized carbons (Fsp3) is 0.412. The van der Waals surface area contributed by atoms with Gasteiger partial charge in [-0.3, -0.25) is 9.59 Å². The van der Waals surface area contributed by atoms with Gasteiger partial charge >= 0.3 is 0 Å². The van der Waals surface area contributed by atoms with Crippen LogP contribution in [0.3, 0.4) is 0 Å². The largest absolute Gasteiger partial charge is 0.362 e. The van der Waals surface area contributed by atoms with Crippen LogP contribution >= 0.6 is 0 Å². The molecule has 2 bridgehead atoms. The molecule has 0 spiro atoms. The van der Waals surface area contributed by atoms with E-state index in [1.807, 2.05) is 51.1 Å². The van der Waals surface area contributed by atoms with Crippen molar-refractivity contribution >= 4 is 17.5 Å². The van der Waals surface area contributed by atoms with Gasteiger partial charge in [0, 0.05) is 0 Å². The van der Waals surface area contributed by atoms with E-state index in [4.69, 9.17) is 4.74 Å². The number of amides is 2. The van der Waals surface area contributed by atoms with Gasteiger partial charge < -0.3 is 4.74 Å². The zero-order valence-electron chi connectivity index (χ0n) is 12.3. The minimum absolute atomic E-state index is 0.133. The van der Waals surface area contributed by atoms with Gasteiger partial charge in [-0.05, 0) is 44.0 Å². The molecule has 4 atom stereocenters. The zero-order chi connectivity index (χ0) is 14.9. The van der Waals surface area contributed by atoms with Crippen LogP contribution in [0.25, 0.3) is 0 Å². The minimum atomic E-state index is -0.628. The third-order valence-electron chi connectivity index (χ3n) is 5.08. The minimum Gasteiger partial charge on any atom is -0.362 e. The molecule has 3 aliphatic rings. The van der Waals surface area contributed by atoms with E-state index in [1.165, 1.54) is 4.90 Å². The van der Waals surface area contributed by atoms with Gasteiger partial charge in [0.25, 0.3) is 0 Å². The van der Waals surface area contributed by atoms with E-state index in [2.05, 4.69) is 0 Å². The lowest BCUT2D eigenvalue weighted by atomic mass is 9.78. The van der Waals surface area contributed by atoms with Crippen LogP contribution in [-0.2, 0) is 14.3 Å². The molecular weight excluding hydrogens is 266 g/mol. The summed E-state index contributed by atoms with van der Waals surface area (Å²) in [7, 11) is 0. The molecular formula is C17H17NO3. The second-order valence-electron chi connectivity index (χ2n) is 6.41. The molecule has 4 nitrogen and oxygen atoms in total. The van der Waals surface area contributed by atoms with Gasteiger partial charge in [0.15, 0.2) is 0 Å². The molecule has 1 aromatic carbocycles. The van der Waals surface area contributed by atoms with Crippen molar-refractivity contribution in [1.29, 1.82) is 0 Å². The van der Waals surface area contributed by atoms with Gasteiger partial charge in [0.05, 0.1) is 29.2 Å². The fourth-order valence-corrected chi connectivity index (χ4v) is 3.77. The van der Waals surface area contributed by atoms with Crippen LogP contribution in [-0.4, -0.2) is 23.5 Å². The van der Waals surface area contributed by atoms with Crippen molar-refractivity contribution in [2.75, 3.05) is 4.90 Å². The molecule has 0 aromatic heterocycles. The average molecular weight is 283 g/mol. The number of rotatable bonds is 1. The highest BCUT2D eigenvalue weighted by molar-refractivity contribution is 6.23. The van der Waals surface area contributed by atoms with Gasteiger partial charge in [0.2, 0.25) is 11.8 Å². The van der Waals surface area contributed by atoms with Crippen molar-refractivity contribution in [2.24, 2.45) is 11.8 Å². The van der Waals surface area contributed by atoms with Gasteiger partial charge in [-0.2, -0.15) is 0 Å². The second-order valence-corrected chi connectivity index (χ2v) is 6.41. The van der Waals surface area contributed by atoms with Crippen molar-refractivity contribution in [3.05, 3.63) is 41.5 Å². The molecule has 2 fully saturated rings. The van der Waals surface area contributed by atoms with Crippen molar-refractivity contribution in [1.82, 2.24) is 0 Å². The second kappa shape index (κ2) is 3.83. The summed E-state index contributed by atoms with van der Waals surface area (Å²) < 4.78 is 5.82. The van der Waals surface area contributed by atoms with E-state index in [0.717, 1.165) is 11.1 Å². The molecule has 108 valence electrons. The van der Waals surface area contributed by atoms with Crippen LogP contribution in [0.15, 0.2) is 30.4 Å². The van der Waals surface area contributed by atoms with Crippen LogP contribution < -0.4 is 4.90 Å². The summed E-state index contributed by atoms with van der Waals surface area (Å²) in [6.07, 6.45) is 3.58. The maximum Gasteiger partial charge on any atom is 0.241 e. The molecule has 0 saturated carbocycles. The number of anilines is 1. The summed E-state index contributed by atoms with van der Waals surface area (Å²) in [6, 6.07) is 5.70. The molecule has 1 aromatic rings. The number of imide groups is 1. The normalized spacial score (nSPS) is 36.7. The lowest BCUT2D eigenvalue weighted by Crippen LogP contribution is -2.38. The van der Waals surface area contributed by atoms with Crippen LogP contribution in [0.5, 0.6) is 0 Å². The van der Waals surface area contributed by atoms with Gasteiger partial charge in [-0.25, -0.2) is 4.90 Å². The third kappa shape index (κ3) is 1.48. The van der Waals surface area contributed by atoms with Crippen LogP contribution in [0.2, 0.25) is 0 Å². The van der Waals surface area contributed by atoms with E-state index in [1.54, 1.807) is 0 Å². The Morgan fingerprint density at radius 2 is 1.90 bits per heavy atom. The number of carbonyl (C=O) groups is 2. The number of hydrogen-bond donors (Lipinski definition) is 0. The molecule has 4 rings (SSSR count). The first-order chi connectivity index (χ1) is 9.92. The summed E-state index contributed by atoms with van der Waals surface area (Å²) in [5.41, 5.74) is 2.27. The number of nitrogens with zero attached hydrogens (tertiary/aromatic N) is 1. The molecule has 2 amide bonds. The summed E-state index contributed by atoms with van der Waals surface area (Å²) in [5.74, 6) is -1.02. The van der Waals surface area contributed by atoms with Crippen LogP contribution in [0.1, 0.15) is 18.1 Å². The van der Waals surface area contributed by atoms with Crippen LogP contribution in [0, 0.1) is 25.7 Å². The van der Waals surface area contributed by atoms with E-state index >= 15 is 0 Å². The molecule has 0 unspecified atom stereocenters. The Hall–Kier alpha value is -1.94. The van der Waals surface area contributed by atoms with Gasteiger partial charge in [-0.15, -0.1) is 0 Å². The monoisotopic (exact) mass is 283 g/mol. The molecule has 0 aliphatic carbocycles. The first-order valence-electron chi connectivity index (χ1n) is 7.24. The Morgan fingerprint density at radius 1 is 1.14 bits per heavy atom. The number of fused-ring (bicyclic) bond motifs is 5. The Bertz CT molecular complexity index is 708. The maximum absolute atomic E-state index is 12.8. The highest BCUT2D eigenvalue weighted by Gasteiger charge is 2.65. The Morgan fingerprint density at radius 3 is 2.57 bits per heavy atom. The molecule has 2 saturated heterocycles. The highest BCUT2D eigenvalue weighted by atomic mass is 16.5. The topological polar surface area (TPSA) is 46.6 Å². The molecule has 21 heavy (non-hydrogen) atoms. The molecule has 0 N–H and O–H groups in total. The maximum atomic E-state index is 12.8. The van der Waals surface area contributed by atoms with E-state index < -0.39 is 5.60 Å². The van der Waals surface area contributed by atoms with E-state index in [-0.39, 0.29) is 29.8 Å². The van der Waals surface area contributed by atoms with Crippen molar-refractivity contribution in [2.45, 2.75) is 32.5 Å². The predicted molar refractivity (Wildman–Crippen MR) is 77.8 cm³/mol. The standard InChI is InChI=1S/C17H17NO3/c1-9-4-5-11(8-10(9)2)18-15(19)13-12-6-7-17(3,21-12)14(13)16(18)20/h4-8,12-14H,1-3H3/t12-,13+,14-,17-/m0/s1. The fourth-order valence-electron chi connectivity index (χ4n) is 3.77. The van der Waals surface area contributed by atoms with E-state index in [0.29, 0.717) is 5.69 Å². The predicted octanol–water partition coefficient (Wildman–Crippen LogP) is 2.14. The highest BCUT2D eigenvalue weighted by Crippen LogP contribution is 2.52. The van der Waals surface area contributed by atoms with Crippen molar-refractivity contribution in [3.63, 3.8) is 0 Å².